The predicted octanol–water partition coefficient (Wildman–Crippen LogP) is 7.84. The molecule has 4 rings (SSSR count). The van der Waals surface area contributed by atoms with E-state index in [0.717, 1.165) is 35.1 Å². The van der Waals surface area contributed by atoms with E-state index in [0.29, 0.717) is 50.4 Å². The van der Waals surface area contributed by atoms with Crippen molar-refractivity contribution in [1.82, 2.24) is 0 Å². The second-order valence-corrected chi connectivity index (χ2v) is 11.6. The second-order valence-electron chi connectivity index (χ2n) is 11.6. The maximum atomic E-state index is 14.0. The van der Waals surface area contributed by atoms with Gasteiger partial charge in [0, 0.05) is 36.2 Å². The molecule has 0 aliphatic heterocycles. The number of hydrogen-bond donors (Lipinski definition) is 2. The van der Waals surface area contributed by atoms with Crippen molar-refractivity contribution in [2.45, 2.75) is 76.8 Å². The molecule has 0 fully saturated rings. The van der Waals surface area contributed by atoms with Crippen molar-refractivity contribution >= 4 is 5.78 Å². The zero-order chi connectivity index (χ0) is 31.1. The summed E-state index contributed by atoms with van der Waals surface area (Å²) in [5.74, 6) is -0.544. The number of ether oxygens (including phenoxy) is 2. The maximum absolute atomic E-state index is 14.0. The number of benzene rings is 4. The van der Waals surface area contributed by atoms with Gasteiger partial charge in [-0.2, -0.15) is 0 Å². The van der Waals surface area contributed by atoms with Crippen LogP contribution in [-0.4, -0.2) is 41.4 Å². The molecule has 5 heteroatoms. The van der Waals surface area contributed by atoms with Crippen LogP contribution in [0.4, 0.5) is 0 Å². The molecule has 0 radical (unpaired) electrons. The Morgan fingerprint density at radius 2 is 0.932 bits per heavy atom. The third kappa shape index (κ3) is 9.70. The Morgan fingerprint density at radius 3 is 1.34 bits per heavy atom. The first-order valence-corrected chi connectivity index (χ1v) is 15.8. The molecule has 0 aliphatic rings. The van der Waals surface area contributed by atoms with Crippen LogP contribution in [0.25, 0.3) is 0 Å². The molecule has 0 aliphatic carbocycles. The fourth-order valence-electron chi connectivity index (χ4n) is 5.58. The van der Waals surface area contributed by atoms with E-state index in [1.165, 1.54) is 0 Å². The summed E-state index contributed by atoms with van der Waals surface area (Å²) in [5.41, 5.74) is 5.08. The molecule has 44 heavy (non-hydrogen) atoms. The number of rotatable bonds is 18. The summed E-state index contributed by atoms with van der Waals surface area (Å²) < 4.78 is 11.6. The Hall–Kier alpha value is -3.61. The Morgan fingerprint density at radius 1 is 0.568 bits per heavy atom. The van der Waals surface area contributed by atoms with Crippen LogP contribution in [-0.2, 0) is 22.7 Å². The van der Waals surface area contributed by atoms with Gasteiger partial charge >= 0.3 is 0 Å². The quantitative estimate of drug-likeness (QED) is 0.0907. The maximum Gasteiger partial charge on any atom is 0.193 e. The Bertz CT molecular complexity index is 1300. The third-order valence-electron chi connectivity index (χ3n) is 8.35. The van der Waals surface area contributed by atoms with Crippen LogP contribution in [0.5, 0.6) is 0 Å². The Kier molecular flexibility index (Phi) is 13.3. The van der Waals surface area contributed by atoms with Crippen molar-refractivity contribution in [1.29, 1.82) is 0 Å². The highest BCUT2D eigenvalue weighted by atomic mass is 16.5. The van der Waals surface area contributed by atoms with Crippen LogP contribution in [0, 0.1) is 0 Å². The van der Waals surface area contributed by atoms with Crippen LogP contribution < -0.4 is 0 Å². The monoisotopic (exact) mass is 594 g/mol. The average molecular weight is 595 g/mol. The fourth-order valence-corrected chi connectivity index (χ4v) is 5.58. The highest BCUT2D eigenvalue weighted by Gasteiger charge is 2.26. The van der Waals surface area contributed by atoms with E-state index in [1.54, 1.807) is 0 Å². The zero-order valence-corrected chi connectivity index (χ0v) is 26.0. The number of aliphatic hydroxyl groups excluding tert-OH is 2. The fraction of sp³-hybridized carbons (Fsp3) is 0.359. The standard InChI is InChI=1S/C39H46O5/c1-29(37(40)23-13-25-43-27-31-15-5-3-6-16-31)33-19-9-11-21-35(33)39(42)36-22-12-10-20-34(36)30(2)38(41)24-14-26-44-28-32-17-7-4-8-18-32/h3-12,15-22,29-30,37-38,40-41H,13-14,23-28H2,1-2H3/t29-,30?,37-,38?/m0/s1. The molecule has 4 atom stereocenters. The van der Waals surface area contributed by atoms with Gasteiger partial charge in [0.1, 0.15) is 0 Å². The van der Waals surface area contributed by atoms with Gasteiger partial charge in [-0.15, -0.1) is 0 Å². The summed E-state index contributed by atoms with van der Waals surface area (Å²) in [5, 5.41) is 22.1. The van der Waals surface area contributed by atoms with Crippen LogP contribution in [0.2, 0.25) is 0 Å². The molecule has 2 unspecified atom stereocenters. The minimum absolute atomic E-state index is 0.0910. The summed E-state index contributed by atoms with van der Waals surface area (Å²) in [4.78, 5) is 14.0. The van der Waals surface area contributed by atoms with E-state index in [1.807, 2.05) is 123 Å². The predicted molar refractivity (Wildman–Crippen MR) is 176 cm³/mol. The summed E-state index contributed by atoms with van der Waals surface area (Å²) >= 11 is 0. The lowest BCUT2D eigenvalue weighted by molar-refractivity contribution is 0.0889. The van der Waals surface area contributed by atoms with E-state index < -0.39 is 12.2 Å². The lowest BCUT2D eigenvalue weighted by atomic mass is 9.83. The number of carbonyl (C=O) groups excluding carboxylic acids is 1. The van der Waals surface area contributed by atoms with Gasteiger partial charge < -0.3 is 19.7 Å². The van der Waals surface area contributed by atoms with E-state index in [2.05, 4.69) is 0 Å². The van der Waals surface area contributed by atoms with Gasteiger partial charge in [0.15, 0.2) is 5.78 Å². The van der Waals surface area contributed by atoms with E-state index in [9.17, 15) is 15.0 Å². The van der Waals surface area contributed by atoms with Crippen molar-refractivity contribution in [3.63, 3.8) is 0 Å². The molecule has 5 nitrogen and oxygen atoms in total. The SMILES string of the molecule is CC(c1ccccc1C(=O)c1ccccc1[C@H](C)[C@@H](O)CCCOCc1ccccc1)C(O)CCCOCc1ccccc1. The van der Waals surface area contributed by atoms with Crippen molar-refractivity contribution in [3.05, 3.63) is 143 Å². The first-order chi connectivity index (χ1) is 21.5. The highest BCUT2D eigenvalue weighted by molar-refractivity contribution is 6.11. The molecule has 0 spiro atoms. The van der Waals surface area contributed by atoms with Gasteiger partial charge in [-0.3, -0.25) is 4.79 Å². The van der Waals surface area contributed by atoms with Crippen molar-refractivity contribution in [2.75, 3.05) is 13.2 Å². The number of hydrogen-bond acceptors (Lipinski definition) is 5. The summed E-state index contributed by atoms with van der Waals surface area (Å²) in [6.07, 6.45) is 1.39. The molecule has 0 saturated carbocycles. The molecule has 0 heterocycles. The number of ketones is 1. The molecule has 4 aromatic carbocycles. The molecule has 0 saturated heterocycles. The van der Waals surface area contributed by atoms with Crippen LogP contribution in [0.1, 0.15) is 89.5 Å². The first kappa shape index (κ1) is 33.3. The molecule has 2 N–H and O–H groups in total. The summed E-state index contributed by atoms with van der Waals surface area (Å²) in [6.45, 7) is 6.17. The van der Waals surface area contributed by atoms with E-state index in [4.69, 9.17) is 9.47 Å². The molecule has 0 bridgehead atoms. The largest absolute Gasteiger partial charge is 0.393 e. The molecular formula is C39H46O5. The van der Waals surface area contributed by atoms with Gasteiger partial charge in [0.05, 0.1) is 25.4 Å². The second kappa shape index (κ2) is 17.6. The minimum Gasteiger partial charge on any atom is -0.393 e. The van der Waals surface area contributed by atoms with Gasteiger partial charge in [-0.1, -0.05) is 123 Å². The lowest BCUT2D eigenvalue weighted by Gasteiger charge is -2.24. The molecule has 0 aromatic heterocycles. The number of carbonyl (C=O) groups is 1. The molecule has 0 amide bonds. The highest BCUT2D eigenvalue weighted by Crippen LogP contribution is 2.31. The number of aliphatic hydroxyl groups is 2. The average Bonchev–Trinajstić information content (AvgIpc) is 3.07. The van der Waals surface area contributed by atoms with Gasteiger partial charge in [0.25, 0.3) is 0 Å². The Labute approximate surface area is 262 Å². The van der Waals surface area contributed by atoms with Crippen LogP contribution >= 0.6 is 0 Å². The van der Waals surface area contributed by atoms with E-state index >= 15 is 0 Å². The topological polar surface area (TPSA) is 76.0 Å². The zero-order valence-electron chi connectivity index (χ0n) is 26.0. The van der Waals surface area contributed by atoms with Gasteiger partial charge in [-0.05, 0) is 47.9 Å². The first-order valence-electron chi connectivity index (χ1n) is 15.8. The molecular weight excluding hydrogens is 548 g/mol. The lowest BCUT2D eigenvalue weighted by Crippen LogP contribution is -2.21. The van der Waals surface area contributed by atoms with Crippen molar-refractivity contribution in [2.24, 2.45) is 0 Å². The smallest absolute Gasteiger partial charge is 0.193 e. The minimum atomic E-state index is -0.607. The van der Waals surface area contributed by atoms with Crippen molar-refractivity contribution in [3.8, 4) is 0 Å². The Balaban J connectivity index is 1.33. The van der Waals surface area contributed by atoms with Crippen LogP contribution in [0.15, 0.2) is 109 Å². The van der Waals surface area contributed by atoms with Crippen LogP contribution in [0.3, 0.4) is 0 Å². The van der Waals surface area contributed by atoms with Crippen molar-refractivity contribution < 1.29 is 24.5 Å². The van der Waals surface area contributed by atoms with Gasteiger partial charge in [-0.25, -0.2) is 0 Å². The molecule has 232 valence electrons. The third-order valence-corrected chi connectivity index (χ3v) is 8.35. The summed E-state index contributed by atoms with van der Waals surface area (Å²) in [7, 11) is 0. The summed E-state index contributed by atoms with van der Waals surface area (Å²) in [6, 6.07) is 35.2. The van der Waals surface area contributed by atoms with E-state index in [-0.39, 0.29) is 17.6 Å². The van der Waals surface area contributed by atoms with Gasteiger partial charge in [0.2, 0.25) is 0 Å². The normalized spacial score (nSPS) is 14.1. The molecule has 4 aromatic rings.